The van der Waals surface area contributed by atoms with Gasteiger partial charge in [0.2, 0.25) is 5.91 Å². The van der Waals surface area contributed by atoms with Crippen LogP contribution >= 0.6 is 11.6 Å². The average Bonchev–Trinajstić information content (AvgIpc) is 3.17. The fourth-order valence-corrected chi connectivity index (χ4v) is 3.50. The molecule has 0 spiro atoms. The van der Waals surface area contributed by atoms with Gasteiger partial charge in [-0.1, -0.05) is 59.6 Å². The summed E-state index contributed by atoms with van der Waals surface area (Å²) in [5.74, 6) is -0.544. The van der Waals surface area contributed by atoms with Crippen molar-refractivity contribution in [3.63, 3.8) is 0 Å². The first kappa shape index (κ1) is 19.7. The van der Waals surface area contributed by atoms with E-state index in [0.29, 0.717) is 17.1 Å². The molecule has 150 valence electrons. The van der Waals surface area contributed by atoms with E-state index < -0.39 is 5.91 Å². The fourth-order valence-electron chi connectivity index (χ4n) is 3.23. The van der Waals surface area contributed by atoms with E-state index in [1.807, 2.05) is 41.2 Å². The number of hydrogen-bond donors (Lipinski definition) is 2. The zero-order valence-electron chi connectivity index (χ0n) is 16.5. The van der Waals surface area contributed by atoms with E-state index >= 15 is 0 Å². The molecular weight excluding hydrogens is 396 g/mol. The highest BCUT2D eigenvalue weighted by Crippen LogP contribution is 2.26. The Morgan fingerprint density at radius 2 is 1.80 bits per heavy atom. The van der Waals surface area contributed by atoms with Crippen molar-refractivity contribution in [3.05, 3.63) is 101 Å². The summed E-state index contributed by atoms with van der Waals surface area (Å²) in [5, 5.41) is 8.53. The number of aryl methyl sites for hydroxylation is 1. The van der Waals surface area contributed by atoms with Gasteiger partial charge in [0.1, 0.15) is 0 Å². The molecule has 0 aliphatic rings. The van der Waals surface area contributed by atoms with E-state index in [9.17, 15) is 4.79 Å². The molecule has 4 aromatic rings. The van der Waals surface area contributed by atoms with Gasteiger partial charge in [-0.2, -0.15) is 5.10 Å². The van der Waals surface area contributed by atoms with Crippen LogP contribution in [0.5, 0.6) is 0 Å². The SMILES string of the molecule is Cc1ccc(-c2nn(-c3ccccc3)cc2CNc2ccc(C(N)=O)c(Cl)c2)cc1. The molecule has 0 bridgehead atoms. The smallest absolute Gasteiger partial charge is 0.250 e. The van der Waals surface area contributed by atoms with Crippen LogP contribution in [0.4, 0.5) is 5.69 Å². The highest BCUT2D eigenvalue weighted by molar-refractivity contribution is 6.34. The second-order valence-corrected chi connectivity index (χ2v) is 7.47. The number of halogens is 1. The lowest BCUT2D eigenvalue weighted by Crippen LogP contribution is -2.11. The van der Waals surface area contributed by atoms with Gasteiger partial charge >= 0.3 is 0 Å². The number of nitrogens with two attached hydrogens (primary N) is 1. The van der Waals surface area contributed by atoms with Crippen LogP contribution in [0.3, 0.4) is 0 Å². The summed E-state index contributed by atoms with van der Waals surface area (Å²) in [6.07, 6.45) is 2.02. The summed E-state index contributed by atoms with van der Waals surface area (Å²) >= 11 is 6.17. The van der Waals surface area contributed by atoms with Crippen LogP contribution < -0.4 is 11.1 Å². The van der Waals surface area contributed by atoms with Crippen molar-refractivity contribution in [2.75, 3.05) is 5.32 Å². The Labute approximate surface area is 180 Å². The maximum atomic E-state index is 11.4. The van der Waals surface area contributed by atoms with Crippen molar-refractivity contribution in [2.24, 2.45) is 5.73 Å². The van der Waals surface area contributed by atoms with Crippen LogP contribution in [0, 0.1) is 6.92 Å². The van der Waals surface area contributed by atoms with E-state index in [4.69, 9.17) is 22.4 Å². The summed E-state index contributed by atoms with van der Waals surface area (Å²) in [5.41, 5.74) is 11.6. The van der Waals surface area contributed by atoms with Crippen molar-refractivity contribution in [2.45, 2.75) is 13.5 Å². The highest BCUT2D eigenvalue weighted by Gasteiger charge is 2.13. The maximum Gasteiger partial charge on any atom is 0.250 e. The van der Waals surface area contributed by atoms with Gasteiger partial charge in [0.05, 0.1) is 22.0 Å². The summed E-state index contributed by atoms with van der Waals surface area (Å²) < 4.78 is 1.88. The molecule has 6 heteroatoms. The highest BCUT2D eigenvalue weighted by atomic mass is 35.5. The van der Waals surface area contributed by atoms with Gasteiger partial charge in [-0.05, 0) is 37.3 Å². The lowest BCUT2D eigenvalue weighted by atomic mass is 10.1. The number of carbonyl (C=O) groups excluding carboxylic acids is 1. The van der Waals surface area contributed by atoms with E-state index in [2.05, 4.69) is 36.5 Å². The molecule has 0 atom stereocenters. The minimum atomic E-state index is -0.544. The number of carbonyl (C=O) groups is 1. The number of benzene rings is 3. The summed E-state index contributed by atoms with van der Waals surface area (Å²) in [6, 6.07) is 23.4. The van der Waals surface area contributed by atoms with Gasteiger partial charge in [0, 0.05) is 29.6 Å². The molecule has 1 aromatic heterocycles. The topological polar surface area (TPSA) is 72.9 Å². The maximum absolute atomic E-state index is 11.4. The Morgan fingerprint density at radius 3 is 2.47 bits per heavy atom. The van der Waals surface area contributed by atoms with Crippen molar-refractivity contribution in [3.8, 4) is 16.9 Å². The monoisotopic (exact) mass is 416 g/mol. The third-order valence-electron chi connectivity index (χ3n) is 4.85. The predicted molar refractivity (Wildman–Crippen MR) is 121 cm³/mol. The van der Waals surface area contributed by atoms with Gasteiger partial charge in [-0.15, -0.1) is 0 Å². The Kier molecular flexibility index (Phi) is 5.55. The number of para-hydroxylation sites is 1. The van der Waals surface area contributed by atoms with Crippen LogP contribution in [0.1, 0.15) is 21.5 Å². The largest absolute Gasteiger partial charge is 0.381 e. The normalized spacial score (nSPS) is 10.7. The van der Waals surface area contributed by atoms with Gasteiger partial charge in [-0.25, -0.2) is 4.68 Å². The van der Waals surface area contributed by atoms with Crippen molar-refractivity contribution >= 4 is 23.2 Å². The second kappa shape index (κ2) is 8.43. The van der Waals surface area contributed by atoms with Crippen LogP contribution in [-0.4, -0.2) is 15.7 Å². The minimum Gasteiger partial charge on any atom is -0.381 e. The molecule has 0 aliphatic carbocycles. The molecule has 30 heavy (non-hydrogen) atoms. The lowest BCUT2D eigenvalue weighted by Gasteiger charge is -2.09. The summed E-state index contributed by atoms with van der Waals surface area (Å²) in [7, 11) is 0. The second-order valence-electron chi connectivity index (χ2n) is 7.06. The number of nitrogens with one attached hydrogen (secondary N) is 1. The molecule has 3 N–H and O–H groups in total. The van der Waals surface area contributed by atoms with E-state index in [1.165, 1.54) is 5.56 Å². The number of hydrogen-bond acceptors (Lipinski definition) is 3. The number of primary amides is 1. The minimum absolute atomic E-state index is 0.305. The Hall–Kier alpha value is -3.57. The van der Waals surface area contributed by atoms with Gasteiger partial charge in [0.25, 0.3) is 0 Å². The van der Waals surface area contributed by atoms with Crippen molar-refractivity contribution in [1.29, 1.82) is 0 Å². The molecule has 4 rings (SSSR count). The number of aromatic nitrogens is 2. The molecule has 0 saturated carbocycles. The standard InChI is InChI=1S/C24H21ClN4O/c1-16-7-9-17(10-8-16)23-18(15-29(28-23)20-5-3-2-4-6-20)14-27-19-11-12-21(24(26)30)22(25)13-19/h2-13,15,27H,14H2,1H3,(H2,26,30). The number of rotatable bonds is 6. The molecule has 5 nitrogen and oxygen atoms in total. The third kappa shape index (κ3) is 4.21. The van der Waals surface area contributed by atoms with E-state index in [1.54, 1.807) is 18.2 Å². The molecule has 0 aliphatic heterocycles. The average molecular weight is 417 g/mol. The molecule has 1 amide bonds. The lowest BCUT2D eigenvalue weighted by molar-refractivity contribution is 0.100. The predicted octanol–water partition coefficient (Wildman–Crippen LogP) is 5.21. The van der Waals surface area contributed by atoms with Gasteiger partial charge in [0.15, 0.2) is 0 Å². The molecule has 0 fully saturated rings. The number of nitrogens with zero attached hydrogens (tertiary/aromatic N) is 2. The zero-order valence-corrected chi connectivity index (χ0v) is 17.2. The first-order chi connectivity index (χ1) is 14.5. The molecule has 0 saturated heterocycles. The first-order valence-corrected chi connectivity index (χ1v) is 9.93. The molecule has 0 unspecified atom stereocenters. The van der Waals surface area contributed by atoms with Crippen LogP contribution in [0.15, 0.2) is 79.0 Å². The Balaban J connectivity index is 1.66. The van der Waals surface area contributed by atoms with Crippen LogP contribution in [0.25, 0.3) is 16.9 Å². The molecule has 3 aromatic carbocycles. The zero-order chi connectivity index (χ0) is 21.1. The van der Waals surface area contributed by atoms with E-state index in [-0.39, 0.29) is 0 Å². The van der Waals surface area contributed by atoms with E-state index in [0.717, 1.165) is 28.2 Å². The Morgan fingerprint density at radius 1 is 1.07 bits per heavy atom. The fraction of sp³-hybridized carbons (Fsp3) is 0.0833. The summed E-state index contributed by atoms with van der Waals surface area (Å²) in [6.45, 7) is 2.61. The first-order valence-electron chi connectivity index (χ1n) is 9.55. The van der Waals surface area contributed by atoms with Gasteiger partial charge < -0.3 is 11.1 Å². The van der Waals surface area contributed by atoms with Crippen LogP contribution in [-0.2, 0) is 6.54 Å². The summed E-state index contributed by atoms with van der Waals surface area (Å²) in [4.78, 5) is 11.4. The quantitative estimate of drug-likeness (QED) is 0.453. The number of anilines is 1. The van der Waals surface area contributed by atoms with Crippen LogP contribution in [0.2, 0.25) is 5.02 Å². The molecular formula is C24H21ClN4O. The number of amides is 1. The van der Waals surface area contributed by atoms with Gasteiger partial charge in [-0.3, -0.25) is 4.79 Å². The van der Waals surface area contributed by atoms with Crippen molar-refractivity contribution < 1.29 is 4.79 Å². The van der Waals surface area contributed by atoms with Crippen molar-refractivity contribution in [1.82, 2.24) is 9.78 Å². The molecule has 0 radical (unpaired) electrons. The third-order valence-corrected chi connectivity index (χ3v) is 5.17. The Bertz CT molecular complexity index is 1180. The molecule has 1 heterocycles.